The predicted molar refractivity (Wildman–Crippen MR) is 57.1 cm³/mol. The first kappa shape index (κ1) is 13.6. The van der Waals surface area contributed by atoms with Crippen LogP contribution in [0.1, 0.15) is 22.8 Å². The summed E-state index contributed by atoms with van der Waals surface area (Å²) in [7, 11) is 0. The second-order valence-corrected chi connectivity index (χ2v) is 3.61. The van der Waals surface area contributed by atoms with Crippen molar-refractivity contribution in [3.63, 3.8) is 0 Å². The molecular formula is C11H9ClF2O3. The molecule has 17 heavy (non-hydrogen) atoms. The van der Waals surface area contributed by atoms with E-state index < -0.39 is 34.0 Å². The van der Waals surface area contributed by atoms with Crippen LogP contribution in [0.4, 0.5) is 8.78 Å². The average molecular weight is 263 g/mol. The first-order valence-electron chi connectivity index (χ1n) is 4.75. The molecule has 6 heteroatoms. The van der Waals surface area contributed by atoms with Crippen LogP contribution in [0.2, 0.25) is 5.02 Å². The monoisotopic (exact) mass is 262 g/mol. The van der Waals surface area contributed by atoms with Crippen LogP contribution in [0.3, 0.4) is 0 Å². The molecule has 0 fully saturated rings. The van der Waals surface area contributed by atoms with Gasteiger partial charge in [0, 0.05) is 5.56 Å². The van der Waals surface area contributed by atoms with Crippen molar-refractivity contribution in [2.75, 3.05) is 6.61 Å². The van der Waals surface area contributed by atoms with Crippen molar-refractivity contribution in [2.45, 2.75) is 13.8 Å². The topological polar surface area (TPSA) is 43.4 Å². The lowest BCUT2D eigenvalue weighted by Crippen LogP contribution is -2.20. The SMILES string of the molecule is CCOC(=O)C(=O)c1c(Cl)cc(F)c(C)c1F. The van der Waals surface area contributed by atoms with Gasteiger partial charge in [-0.15, -0.1) is 0 Å². The maximum absolute atomic E-state index is 13.6. The molecule has 1 aromatic carbocycles. The van der Waals surface area contributed by atoms with Gasteiger partial charge in [-0.3, -0.25) is 4.79 Å². The number of esters is 1. The van der Waals surface area contributed by atoms with Crippen molar-refractivity contribution in [3.8, 4) is 0 Å². The normalized spacial score (nSPS) is 10.2. The largest absolute Gasteiger partial charge is 0.460 e. The van der Waals surface area contributed by atoms with Gasteiger partial charge in [-0.1, -0.05) is 11.6 Å². The van der Waals surface area contributed by atoms with E-state index in [-0.39, 0.29) is 12.2 Å². The van der Waals surface area contributed by atoms with Gasteiger partial charge in [0.25, 0.3) is 5.78 Å². The summed E-state index contributed by atoms with van der Waals surface area (Å²) >= 11 is 5.54. The second-order valence-electron chi connectivity index (χ2n) is 3.20. The van der Waals surface area contributed by atoms with Crippen molar-refractivity contribution in [1.29, 1.82) is 0 Å². The molecule has 3 nitrogen and oxygen atoms in total. The Balaban J connectivity index is 3.28. The zero-order chi connectivity index (χ0) is 13.2. The van der Waals surface area contributed by atoms with E-state index in [1.54, 1.807) is 0 Å². The molecule has 1 aromatic rings. The second kappa shape index (κ2) is 5.23. The summed E-state index contributed by atoms with van der Waals surface area (Å²) in [5.74, 6) is -4.47. The van der Waals surface area contributed by atoms with Gasteiger partial charge >= 0.3 is 5.97 Å². The number of benzene rings is 1. The Kier molecular flexibility index (Phi) is 4.17. The number of carbonyl (C=O) groups is 2. The standard InChI is InChI=1S/C11H9ClF2O3/c1-3-17-11(16)10(15)8-6(12)4-7(13)5(2)9(8)14/h4H,3H2,1-2H3. The molecule has 92 valence electrons. The first-order chi connectivity index (χ1) is 7.90. The number of Topliss-reactive ketones (excluding diaryl/α,β-unsaturated/α-hetero) is 1. The van der Waals surface area contributed by atoms with Crippen LogP contribution in [0, 0.1) is 18.6 Å². The molecule has 0 aliphatic carbocycles. The Morgan fingerprint density at radius 1 is 1.41 bits per heavy atom. The van der Waals surface area contributed by atoms with E-state index in [1.807, 2.05) is 0 Å². The zero-order valence-corrected chi connectivity index (χ0v) is 9.90. The minimum absolute atomic E-state index is 0.0238. The van der Waals surface area contributed by atoms with E-state index in [0.717, 1.165) is 13.0 Å². The third kappa shape index (κ3) is 2.61. The highest BCUT2D eigenvalue weighted by atomic mass is 35.5. The first-order valence-corrected chi connectivity index (χ1v) is 5.13. The van der Waals surface area contributed by atoms with Crippen molar-refractivity contribution < 1.29 is 23.1 Å². The van der Waals surface area contributed by atoms with E-state index in [4.69, 9.17) is 11.6 Å². The molecule has 0 spiro atoms. The number of rotatable bonds is 3. The van der Waals surface area contributed by atoms with Crippen LogP contribution in [0.5, 0.6) is 0 Å². The lowest BCUT2D eigenvalue weighted by atomic mass is 10.1. The maximum atomic E-state index is 13.6. The lowest BCUT2D eigenvalue weighted by Gasteiger charge is -2.07. The molecule has 0 atom stereocenters. The Bertz CT molecular complexity index is 486. The zero-order valence-electron chi connectivity index (χ0n) is 9.14. The summed E-state index contributed by atoms with van der Waals surface area (Å²) < 4.78 is 31.1. The number of halogens is 3. The smallest absolute Gasteiger partial charge is 0.379 e. The minimum atomic E-state index is -1.22. The molecule has 0 amide bonds. The van der Waals surface area contributed by atoms with Gasteiger partial charge in [0.05, 0.1) is 17.2 Å². The van der Waals surface area contributed by atoms with Gasteiger partial charge in [-0.25, -0.2) is 13.6 Å². The minimum Gasteiger partial charge on any atom is -0.460 e. The third-order valence-electron chi connectivity index (χ3n) is 2.09. The van der Waals surface area contributed by atoms with E-state index in [1.165, 1.54) is 6.92 Å². The van der Waals surface area contributed by atoms with E-state index in [9.17, 15) is 18.4 Å². The highest BCUT2D eigenvalue weighted by Gasteiger charge is 2.26. The number of hydrogen-bond donors (Lipinski definition) is 0. The number of ether oxygens (including phenoxy) is 1. The Labute approximate surface area is 101 Å². The molecule has 0 radical (unpaired) electrons. The summed E-state index contributed by atoms with van der Waals surface area (Å²) in [4.78, 5) is 22.7. The third-order valence-corrected chi connectivity index (χ3v) is 2.39. The molecule has 1 rings (SSSR count). The van der Waals surface area contributed by atoms with E-state index >= 15 is 0 Å². The summed E-state index contributed by atoms with van der Waals surface area (Å²) in [6.45, 7) is 2.62. The molecule has 0 aliphatic heterocycles. The lowest BCUT2D eigenvalue weighted by molar-refractivity contribution is -0.137. The van der Waals surface area contributed by atoms with Gasteiger partial charge in [-0.2, -0.15) is 0 Å². The molecule has 0 aromatic heterocycles. The fourth-order valence-electron chi connectivity index (χ4n) is 1.20. The molecule has 0 heterocycles. The Morgan fingerprint density at radius 3 is 2.53 bits per heavy atom. The molecule has 0 saturated carbocycles. The molecule has 0 unspecified atom stereocenters. The van der Waals surface area contributed by atoms with Crippen LogP contribution in [-0.2, 0) is 9.53 Å². The highest BCUT2D eigenvalue weighted by molar-refractivity contribution is 6.45. The molecule has 0 saturated heterocycles. The summed E-state index contributed by atoms with van der Waals surface area (Å²) in [6.07, 6.45) is 0. The number of hydrogen-bond acceptors (Lipinski definition) is 3. The van der Waals surface area contributed by atoms with Crippen LogP contribution in [0.25, 0.3) is 0 Å². The van der Waals surface area contributed by atoms with Crippen LogP contribution < -0.4 is 0 Å². The van der Waals surface area contributed by atoms with Crippen molar-refractivity contribution in [3.05, 3.63) is 33.9 Å². The van der Waals surface area contributed by atoms with Gasteiger partial charge in [0.2, 0.25) is 0 Å². The van der Waals surface area contributed by atoms with Crippen LogP contribution in [0.15, 0.2) is 6.07 Å². The van der Waals surface area contributed by atoms with Gasteiger partial charge in [0.1, 0.15) is 11.6 Å². The molecular weight excluding hydrogens is 254 g/mol. The fraction of sp³-hybridized carbons (Fsp3) is 0.273. The van der Waals surface area contributed by atoms with Crippen molar-refractivity contribution in [2.24, 2.45) is 0 Å². The number of carbonyl (C=O) groups excluding carboxylic acids is 2. The molecule has 0 aliphatic rings. The molecule has 0 N–H and O–H groups in total. The van der Waals surface area contributed by atoms with Gasteiger partial charge < -0.3 is 4.74 Å². The molecule has 0 bridgehead atoms. The van der Waals surface area contributed by atoms with Crippen LogP contribution >= 0.6 is 11.6 Å². The van der Waals surface area contributed by atoms with Crippen molar-refractivity contribution in [1.82, 2.24) is 0 Å². The summed E-state index contributed by atoms with van der Waals surface area (Å²) in [6, 6.07) is 0.784. The number of ketones is 1. The van der Waals surface area contributed by atoms with Crippen LogP contribution in [-0.4, -0.2) is 18.4 Å². The summed E-state index contributed by atoms with van der Waals surface area (Å²) in [5, 5.41) is -0.455. The van der Waals surface area contributed by atoms with Gasteiger partial charge in [-0.05, 0) is 19.9 Å². The summed E-state index contributed by atoms with van der Waals surface area (Å²) in [5.41, 5.74) is -1.04. The Morgan fingerprint density at radius 2 is 2.00 bits per heavy atom. The van der Waals surface area contributed by atoms with E-state index in [2.05, 4.69) is 4.74 Å². The maximum Gasteiger partial charge on any atom is 0.379 e. The average Bonchev–Trinajstić information content (AvgIpc) is 2.26. The fourth-order valence-corrected chi connectivity index (χ4v) is 1.46. The quantitative estimate of drug-likeness (QED) is 0.478. The van der Waals surface area contributed by atoms with Gasteiger partial charge in [0.15, 0.2) is 0 Å². The Hall–Kier alpha value is -1.49. The van der Waals surface area contributed by atoms with E-state index in [0.29, 0.717) is 0 Å². The van der Waals surface area contributed by atoms with Crippen molar-refractivity contribution >= 4 is 23.4 Å². The highest BCUT2D eigenvalue weighted by Crippen LogP contribution is 2.25. The predicted octanol–water partition coefficient (Wildman–Crippen LogP) is 2.67.